The Labute approximate surface area is 121 Å². The SMILES string of the molecule is Cc1[nH]c(=O)sc1S(=O)(=O)N1CC(N2CCNCC2)C1. The Bertz CT molecular complexity index is 639. The van der Waals surface area contributed by atoms with Gasteiger partial charge in [0.25, 0.3) is 10.0 Å². The van der Waals surface area contributed by atoms with Crippen LogP contribution in [0.15, 0.2) is 9.00 Å². The highest BCUT2D eigenvalue weighted by molar-refractivity contribution is 7.91. The molecule has 3 rings (SSSR count). The molecule has 112 valence electrons. The normalized spacial score (nSPS) is 22.9. The lowest BCUT2D eigenvalue weighted by Gasteiger charge is -2.45. The summed E-state index contributed by atoms with van der Waals surface area (Å²) in [5, 5.41) is 3.28. The minimum atomic E-state index is -3.51. The molecule has 2 aliphatic rings. The molecule has 1 aromatic heterocycles. The fourth-order valence-corrected chi connectivity index (χ4v) is 5.60. The molecule has 2 fully saturated rings. The molecular formula is C11H18N4O3S2. The first-order chi connectivity index (χ1) is 9.48. The van der Waals surface area contributed by atoms with Gasteiger partial charge in [-0.1, -0.05) is 11.3 Å². The van der Waals surface area contributed by atoms with Gasteiger partial charge >= 0.3 is 4.87 Å². The van der Waals surface area contributed by atoms with Gasteiger partial charge in [0, 0.05) is 51.0 Å². The fourth-order valence-electron chi connectivity index (χ4n) is 2.64. The summed E-state index contributed by atoms with van der Waals surface area (Å²) in [5.41, 5.74) is 0.436. The Hall–Kier alpha value is -0.740. The highest BCUT2D eigenvalue weighted by atomic mass is 32.2. The van der Waals surface area contributed by atoms with Gasteiger partial charge in [-0.3, -0.25) is 9.69 Å². The third-order valence-electron chi connectivity index (χ3n) is 3.85. The Balaban J connectivity index is 1.69. The van der Waals surface area contributed by atoms with E-state index >= 15 is 0 Å². The monoisotopic (exact) mass is 318 g/mol. The van der Waals surface area contributed by atoms with Gasteiger partial charge in [-0.25, -0.2) is 8.42 Å². The van der Waals surface area contributed by atoms with Crippen LogP contribution in [-0.2, 0) is 10.0 Å². The van der Waals surface area contributed by atoms with E-state index in [1.54, 1.807) is 6.92 Å². The first kappa shape index (κ1) is 14.2. The third kappa shape index (κ3) is 2.44. The van der Waals surface area contributed by atoms with Crippen LogP contribution < -0.4 is 10.2 Å². The lowest BCUT2D eigenvalue weighted by molar-refractivity contribution is 0.0774. The first-order valence-electron chi connectivity index (χ1n) is 6.63. The van der Waals surface area contributed by atoms with Crippen molar-refractivity contribution in [2.75, 3.05) is 39.3 Å². The molecule has 2 saturated heterocycles. The number of aromatic amines is 1. The lowest BCUT2D eigenvalue weighted by atomic mass is 10.1. The van der Waals surface area contributed by atoms with Crippen LogP contribution in [0.1, 0.15) is 5.69 Å². The van der Waals surface area contributed by atoms with Crippen molar-refractivity contribution in [1.82, 2.24) is 19.5 Å². The Morgan fingerprint density at radius 2 is 1.90 bits per heavy atom. The fraction of sp³-hybridized carbons (Fsp3) is 0.727. The molecule has 1 aromatic rings. The van der Waals surface area contributed by atoms with Gasteiger partial charge in [-0.15, -0.1) is 0 Å². The van der Waals surface area contributed by atoms with Crippen molar-refractivity contribution in [3.05, 3.63) is 15.4 Å². The Morgan fingerprint density at radius 3 is 2.45 bits per heavy atom. The van der Waals surface area contributed by atoms with Crippen molar-refractivity contribution in [3.63, 3.8) is 0 Å². The summed E-state index contributed by atoms with van der Waals surface area (Å²) in [6.07, 6.45) is 0. The van der Waals surface area contributed by atoms with Crippen molar-refractivity contribution in [2.24, 2.45) is 0 Å². The smallest absolute Gasteiger partial charge is 0.305 e. The van der Waals surface area contributed by atoms with E-state index in [2.05, 4.69) is 15.2 Å². The molecule has 0 radical (unpaired) electrons. The second kappa shape index (κ2) is 5.23. The van der Waals surface area contributed by atoms with Crippen LogP contribution in [-0.4, -0.2) is 67.9 Å². The van der Waals surface area contributed by atoms with Crippen LogP contribution in [0.25, 0.3) is 0 Å². The number of sulfonamides is 1. The summed E-state index contributed by atoms with van der Waals surface area (Å²) in [7, 11) is -3.51. The molecule has 2 N–H and O–H groups in total. The second-order valence-corrected chi connectivity index (χ2v) is 8.31. The number of aromatic nitrogens is 1. The van der Waals surface area contributed by atoms with Crippen molar-refractivity contribution in [3.8, 4) is 0 Å². The molecule has 0 saturated carbocycles. The first-order valence-corrected chi connectivity index (χ1v) is 8.89. The van der Waals surface area contributed by atoms with E-state index in [0.717, 1.165) is 37.5 Å². The zero-order valence-corrected chi connectivity index (χ0v) is 12.9. The van der Waals surface area contributed by atoms with Crippen LogP contribution in [0, 0.1) is 6.92 Å². The number of piperazine rings is 1. The van der Waals surface area contributed by atoms with Crippen LogP contribution >= 0.6 is 11.3 Å². The Kier molecular flexibility index (Phi) is 3.71. The topological polar surface area (TPSA) is 85.5 Å². The predicted molar refractivity (Wildman–Crippen MR) is 76.7 cm³/mol. The predicted octanol–water partition coefficient (Wildman–Crippen LogP) is -0.977. The summed E-state index contributed by atoms with van der Waals surface area (Å²) in [5.74, 6) is 0. The quantitative estimate of drug-likeness (QED) is 0.748. The summed E-state index contributed by atoms with van der Waals surface area (Å²) in [6, 6.07) is 0.308. The number of hydrogen-bond acceptors (Lipinski definition) is 6. The largest absolute Gasteiger partial charge is 0.315 e. The number of aryl methyl sites for hydroxylation is 1. The highest BCUT2D eigenvalue weighted by Crippen LogP contribution is 2.27. The zero-order valence-electron chi connectivity index (χ0n) is 11.3. The molecule has 7 nitrogen and oxygen atoms in total. The van der Waals surface area contributed by atoms with Crippen molar-refractivity contribution in [1.29, 1.82) is 0 Å². The average molecular weight is 318 g/mol. The number of thiazole rings is 1. The van der Waals surface area contributed by atoms with Crippen LogP contribution in [0.3, 0.4) is 0 Å². The molecule has 2 aliphatic heterocycles. The van der Waals surface area contributed by atoms with E-state index in [9.17, 15) is 13.2 Å². The van der Waals surface area contributed by atoms with Crippen LogP contribution in [0.5, 0.6) is 0 Å². The second-order valence-electron chi connectivity index (χ2n) is 5.19. The molecule has 9 heteroatoms. The van der Waals surface area contributed by atoms with E-state index in [-0.39, 0.29) is 9.08 Å². The standard InChI is InChI=1S/C11H18N4O3S2/c1-8-10(19-11(16)13-8)20(17,18)15-6-9(7-15)14-4-2-12-3-5-14/h9,12H,2-7H2,1H3,(H,13,16). The molecule has 0 aromatic carbocycles. The van der Waals surface area contributed by atoms with E-state index in [4.69, 9.17) is 0 Å². The number of nitrogens with one attached hydrogen (secondary N) is 2. The molecule has 0 atom stereocenters. The van der Waals surface area contributed by atoms with Crippen molar-refractivity contribution >= 4 is 21.4 Å². The number of rotatable bonds is 3. The summed E-state index contributed by atoms with van der Waals surface area (Å²) in [4.78, 5) is 15.8. The molecule has 20 heavy (non-hydrogen) atoms. The van der Waals surface area contributed by atoms with E-state index in [1.807, 2.05) is 0 Å². The molecule has 3 heterocycles. The number of nitrogens with zero attached hydrogens (tertiary/aromatic N) is 2. The van der Waals surface area contributed by atoms with Gasteiger partial charge < -0.3 is 10.3 Å². The third-order valence-corrected chi connectivity index (χ3v) is 7.27. The summed E-state index contributed by atoms with van der Waals surface area (Å²) in [6.45, 7) is 6.52. The van der Waals surface area contributed by atoms with Crippen LogP contribution in [0.2, 0.25) is 0 Å². The molecule has 0 aliphatic carbocycles. The van der Waals surface area contributed by atoms with E-state index in [1.165, 1.54) is 4.31 Å². The van der Waals surface area contributed by atoms with Gasteiger partial charge in [-0.2, -0.15) is 4.31 Å². The molecule has 0 unspecified atom stereocenters. The zero-order chi connectivity index (χ0) is 14.3. The number of H-pyrrole nitrogens is 1. The highest BCUT2D eigenvalue weighted by Gasteiger charge is 2.41. The van der Waals surface area contributed by atoms with Crippen LogP contribution in [0.4, 0.5) is 0 Å². The van der Waals surface area contributed by atoms with Gasteiger partial charge in [-0.05, 0) is 6.92 Å². The van der Waals surface area contributed by atoms with E-state index < -0.39 is 10.0 Å². The van der Waals surface area contributed by atoms with Gasteiger partial charge in [0.2, 0.25) is 0 Å². The Morgan fingerprint density at radius 1 is 1.25 bits per heavy atom. The van der Waals surface area contributed by atoms with E-state index in [0.29, 0.717) is 24.8 Å². The number of hydrogen-bond donors (Lipinski definition) is 2. The summed E-state index contributed by atoms with van der Waals surface area (Å²) < 4.78 is 26.5. The maximum atomic E-state index is 12.4. The molecular weight excluding hydrogens is 300 g/mol. The molecule has 0 amide bonds. The van der Waals surface area contributed by atoms with Crippen molar-refractivity contribution < 1.29 is 8.42 Å². The van der Waals surface area contributed by atoms with Gasteiger partial charge in [0.1, 0.15) is 0 Å². The maximum absolute atomic E-state index is 12.4. The molecule has 0 bridgehead atoms. The van der Waals surface area contributed by atoms with Gasteiger partial charge in [0.05, 0.1) is 0 Å². The van der Waals surface area contributed by atoms with Crippen molar-refractivity contribution in [2.45, 2.75) is 17.2 Å². The lowest BCUT2D eigenvalue weighted by Crippen LogP contribution is -2.63. The maximum Gasteiger partial charge on any atom is 0.305 e. The summed E-state index contributed by atoms with van der Waals surface area (Å²) >= 11 is 0.771. The average Bonchev–Trinajstić information content (AvgIpc) is 2.68. The van der Waals surface area contributed by atoms with Gasteiger partial charge in [0.15, 0.2) is 4.21 Å². The molecule has 0 spiro atoms. The minimum Gasteiger partial charge on any atom is -0.315 e. The minimum absolute atomic E-state index is 0.154.